The Hall–Kier alpha value is 2.37. The fourth-order valence-corrected chi connectivity index (χ4v) is 25.2. The van der Waals surface area contributed by atoms with Crippen LogP contribution in [0.15, 0.2) is 0 Å². The van der Waals surface area contributed by atoms with Crippen molar-refractivity contribution in [3.8, 4) is 0 Å². The van der Waals surface area contributed by atoms with Crippen LogP contribution in [0.25, 0.3) is 0 Å². The minimum atomic E-state index is -3.51. The molecule has 1 heterocycles. The zero-order valence-electron chi connectivity index (χ0n) is 3.46. The topological polar surface area (TPSA) is 44.8 Å². The molecule has 0 aromatic carbocycles. The van der Waals surface area contributed by atoms with Gasteiger partial charge in [-0.25, -0.2) is 0 Å². The van der Waals surface area contributed by atoms with Crippen LogP contribution in [0, 0.1) is 0 Å². The molecule has 0 spiro atoms. The zero-order chi connectivity index (χ0) is 6.04. The van der Waals surface area contributed by atoms with Crippen molar-refractivity contribution >= 4 is 71.4 Å². The third-order valence-corrected chi connectivity index (χ3v) is 23.4. The van der Waals surface area contributed by atoms with E-state index in [-0.39, 0.29) is 0 Å². The van der Waals surface area contributed by atoms with Crippen LogP contribution in [0.2, 0.25) is 0 Å². The van der Waals surface area contributed by atoms with Crippen molar-refractivity contribution in [2.75, 3.05) is 0 Å². The van der Waals surface area contributed by atoms with E-state index in [1.807, 2.05) is 0 Å². The van der Waals surface area contributed by atoms with E-state index in [1.54, 1.807) is 0 Å². The molecule has 8 heteroatoms. The zero-order valence-corrected chi connectivity index (χ0v) is 13.9. The van der Waals surface area contributed by atoms with E-state index >= 15 is 0 Å². The van der Waals surface area contributed by atoms with E-state index in [9.17, 15) is 3.74 Å². The Morgan fingerprint density at radius 2 is 2.38 bits per heavy atom. The first-order valence-electron chi connectivity index (χ1n) is 1.53. The van der Waals surface area contributed by atoms with Gasteiger partial charge in [-0.15, -0.1) is 0 Å². The third-order valence-electron chi connectivity index (χ3n) is 0.444. The van der Waals surface area contributed by atoms with Gasteiger partial charge in [-0.2, -0.15) is 0 Å². The van der Waals surface area contributed by atoms with E-state index in [4.69, 9.17) is 8.32 Å². The van der Waals surface area contributed by atoms with Gasteiger partial charge in [-0.1, -0.05) is 0 Å². The number of rotatable bonds is 2. The molecule has 1 aliphatic heterocycles. The first-order valence-corrected chi connectivity index (χ1v) is 14.1. The molecular formula is AsClO4Pb2. The summed E-state index contributed by atoms with van der Waals surface area (Å²) in [6.07, 6.45) is 0. The molecule has 44 valence electrons. The van der Waals surface area contributed by atoms with Crippen molar-refractivity contribution in [2.24, 2.45) is 0 Å². The standard InChI is InChI=1S/AsH3O4.ClH.2Pb/c2-1(3,4)5;;;/h(H3,2,3,4,5);1H;;/q;;2*+2/p-4. The molecule has 1 rings (SSSR count). The summed E-state index contributed by atoms with van der Waals surface area (Å²) in [5, 5.41) is 0. The Morgan fingerprint density at radius 3 is 2.50 bits per heavy atom. The van der Waals surface area contributed by atoms with E-state index in [0.717, 1.165) is 0 Å². The van der Waals surface area contributed by atoms with Crippen LogP contribution in [-0.2, 0) is 8.77 Å². The van der Waals surface area contributed by atoms with Crippen LogP contribution in [0.5, 0.6) is 0 Å². The SMILES string of the molecule is O=[As]1([O][Pb][Cl])[O][Pb][O]1. The molecule has 0 saturated carbocycles. The van der Waals surface area contributed by atoms with Gasteiger partial charge in [0.15, 0.2) is 0 Å². The molecule has 0 aromatic heterocycles. The van der Waals surface area contributed by atoms with Gasteiger partial charge in [0.1, 0.15) is 0 Å². The van der Waals surface area contributed by atoms with E-state index < -0.39 is 63.1 Å². The molecule has 0 atom stereocenters. The molecular weight excluding hydrogens is 589 g/mol. The maximum absolute atomic E-state index is 10.7. The number of hydrogen-bond donors (Lipinski definition) is 0. The van der Waals surface area contributed by atoms with Gasteiger partial charge < -0.3 is 0 Å². The molecule has 4 radical (unpaired) electrons. The summed E-state index contributed by atoms with van der Waals surface area (Å²) in [7, 11) is 5.28. The van der Waals surface area contributed by atoms with Gasteiger partial charge >= 0.3 is 80.2 Å². The van der Waals surface area contributed by atoms with Gasteiger partial charge in [-0.3, -0.25) is 0 Å². The summed E-state index contributed by atoms with van der Waals surface area (Å²) in [4.78, 5) is 0. The first kappa shape index (κ1) is 8.47. The molecule has 0 unspecified atom stereocenters. The first-order chi connectivity index (χ1) is 3.77. The van der Waals surface area contributed by atoms with Crippen molar-refractivity contribution < 1.29 is 8.77 Å². The van der Waals surface area contributed by atoms with E-state index in [0.29, 0.717) is 0 Å². The average molecular weight is 589 g/mol. The van der Waals surface area contributed by atoms with Crippen molar-refractivity contribution in [1.29, 1.82) is 0 Å². The molecule has 1 saturated heterocycles. The van der Waals surface area contributed by atoms with Crippen molar-refractivity contribution in [2.45, 2.75) is 0 Å². The Morgan fingerprint density at radius 1 is 1.75 bits per heavy atom. The molecule has 0 N–H and O–H groups in total. The third kappa shape index (κ3) is 2.20. The Balaban J connectivity index is 2.31. The predicted octanol–water partition coefficient (Wildman–Crippen LogP) is -0.777. The van der Waals surface area contributed by atoms with E-state index in [1.165, 1.54) is 0 Å². The van der Waals surface area contributed by atoms with Gasteiger partial charge in [0.2, 0.25) is 0 Å². The monoisotopic (exact) mass is 590 g/mol. The fourth-order valence-electron chi connectivity index (χ4n) is 0.178. The van der Waals surface area contributed by atoms with Crippen molar-refractivity contribution in [3.63, 3.8) is 0 Å². The fraction of sp³-hybridized carbons (Fsp3) is 0. The molecule has 0 amide bonds. The Bertz CT molecular complexity index is 117. The predicted molar refractivity (Wildman–Crippen MR) is 27.1 cm³/mol. The van der Waals surface area contributed by atoms with Crippen LogP contribution < -0.4 is 0 Å². The Labute approximate surface area is 78.8 Å². The van der Waals surface area contributed by atoms with Crippen molar-refractivity contribution in [1.82, 2.24) is 0 Å². The van der Waals surface area contributed by atoms with Crippen LogP contribution in [0.4, 0.5) is 0 Å². The molecule has 1 aliphatic rings. The van der Waals surface area contributed by atoms with Crippen LogP contribution in [-0.4, -0.2) is 63.1 Å². The normalized spacial score (nSPS) is 24.6. The van der Waals surface area contributed by atoms with Gasteiger partial charge in [0.25, 0.3) is 0 Å². The summed E-state index contributed by atoms with van der Waals surface area (Å²) in [6.45, 7) is 0. The quantitative estimate of drug-likeness (QED) is 0.398. The second-order valence-electron chi connectivity index (χ2n) is 0.882. The summed E-state index contributed by atoms with van der Waals surface area (Å²) >= 11 is -6.36. The molecule has 0 bridgehead atoms. The van der Waals surface area contributed by atoms with Crippen LogP contribution in [0.1, 0.15) is 0 Å². The van der Waals surface area contributed by atoms with E-state index in [2.05, 4.69) is 5.03 Å². The number of halogens is 1. The molecule has 8 heavy (non-hydrogen) atoms. The molecule has 4 nitrogen and oxygen atoms in total. The summed E-state index contributed by atoms with van der Waals surface area (Å²) < 4.78 is 24.7. The summed E-state index contributed by atoms with van der Waals surface area (Å²) in [5.74, 6) is 0. The van der Waals surface area contributed by atoms with Gasteiger partial charge in [0, 0.05) is 0 Å². The molecule has 0 aromatic rings. The summed E-state index contributed by atoms with van der Waals surface area (Å²) in [6, 6.07) is 0. The maximum atomic E-state index is 10.7. The van der Waals surface area contributed by atoms with Crippen molar-refractivity contribution in [3.05, 3.63) is 0 Å². The van der Waals surface area contributed by atoms with Crippen LogP contribution in [0.3, 0.4) is 0 Å². The summed E-state index contributed by atoms with van der Waals surface area (Å²) in [5.41, 5.74) is 0. The minimum absolute atomic E-state index is 1.31. The molecule has 0 aliphatic carbocycles. The van der Waals surface area contributed by atoms with Gasteiger partial charge in [-0.05, 0) is 0 Å². The second-order valence-corrected chi connectivity index (χ2v) is 17.6. The Kier molecular flexibility index (Phi) is 3.89. The molecule has 1 fully saturated rings. The van der Waals surface area contributed by atoms with Crippen LogP contribution >= 0.6 is 8.32 Å². The second kappa shape index (κ2) is 3.67. The number of hydrogen-bond acceptors (Lipinski definition) is 4. The van der Waals surface area contributed by atoms with Gasteiger partial charge in [0.05, 0.1) is 0 Å². The average Bonchev–Trinajstić information content (AvgIpc) is 1.64.